The second-order valence-electron chi connectivity index (χ2n) is 8.37. The first kappa shape index (κ1) is 24.7. The third-order valence-corrected chi connectivity index (χ3v) is 6.07. The molecule has 2 aliphatic rings. The lowest BCUT2D eigenvalue weighted by Gasteiger charge is -2.24. The Balaban J connectivity index is 1.76. The van der Waals surface area contributed by atoms with Crippen LogP contribution in [0.15, 0.2) is 58.7 Å². The minimum Gasteiger partial charge on any atom is -0.492 e. The second kappa shape index (κ2) is 11.8. The van der Waals surface area contributed by atoms with Gasteiger partial charge in [-0.25, -0.2) is 0 Å². The minimum atomic E-state index is -0.588. The molecule has 0 bridgehead atoms. The summed E-state index contributed by atoms with van der Waals surface area (Å²) >= 11 is 0. The predicted molar refractivity (Wildman–Crippen MR) is 125 cm³/mol. The molecule has 1 aliphatic heterocycles. The number of aryl methyl sites for hydroxylation is 1. The van der Waals surface area contributed by atoms with Crippen molar-refractivity contribution in [3.05, 3.63) is 64.2 Å². The van der Waals surface area contributed by atoms with Crippen LogP contribution in [0.1, 0.15) is 45.1 Å². The molecule has 1 atom stereocenters. The molecule has 7 heteroatoms. The summed E-state index contributed by atoms with van der Waals surface area (Å²) in [6.07, 6.45) is 8.75. The Bertz CT molecular complexity index is 985. The maximum Gasteiger partial charge on any atom is 0.228 e. The zero-order valence-electron chi connectivity index (χ0n) is 19.6. The van der Waals surface area contributed by atoms with Crippen molar-refractivity contribution in [2.45, 2.75) is 52.1 Å². The summed E-state index contributed by atoms with van der Waals surface area (Å²) in [5.41, 5.74) is 2.55. The third kappa shape index (κ3) is 6.12. The number of methoxy groups -OCH3 is 1. The highest BCUT2D eigenvalue weighted by Crippen LogP contribution is 2.28. The second-order valence-corrected chi connectivity index (χ2v) is 8.37. The molecule has 1 aromatic rings. The fourth-order valence-electron chi connectivity index (χ4n) is 4.14. The predicted octanol–water partition coefficient (Wildman–Crippen LogP) is 3.06. The number of pyridine rings is 1. The average Bonchev–Trinajstić information content (AvgIpc) is 2.85. The summed E-state index contributed by atoms with van der Waals surface area (Å²) in [6.45, 7) is 4.80. The zero-order valence-corrected chi connectivity index (χ0v) is 19.6. The Hall–Kier alpha value is -2.90. The Morgan fingerprint density at radius 2 is 2.03 bits per heavy atom. The minimum absolute atomic E-state index is 0.0377. The van der Waals surface area contributed by atoms with Crippen LogP contribution < -0.4 is 5.32 Å². The average molecular weight is 453 g/mol. The maximum atomic E-state index is 13.3. The van der Waals surface area contributed by atoms with E-state index in [9.17, 15) is 14.4 Å². The topological polar surface area (TPSA) is 94.6 Å². The number of carbonyl (C=O) groups excluding carboxylic acids is 3. The van der Waals surface area contributed by atoms with Crippen molar-refractivity contribution in [2.24, 2.45) is 0 Å². The molecule has 3 rings (SSSR count). The lowest BCUT2D eigenvalue weighted by molar-refractivity contribution is -0.128. The largest absolute Gasteiger partial charge is 0.492 e. The molecule has 176 valence electrons. The highest BCUT2D eigenvalue weighted by Gasteiger charge is 2.32. The van der Waals surface area contributed by atoms with Gasteiger partial charge in [0.05, 0.1) is 13.7 Å². The molecule has 1 aromatic heterocycles. The van der Waals surface area contributed by atoms with Gasteiger partial charge in [-0.1, -0.05) is 12.5 Å². The fourth-order valence-corrected chi connectivity index (χ4v) is 4.14. The number of ether oxygens (including phenoxy) is 2. The number of nitrogens with zero attached hydrogens (tertiary/aromatic N) is 1. The number of rotatable bonds is 10. The maximum absolute atomic E-state index is 13.3. The summed E-state index contributed by atoms with van der Waals surface area (Å²) in [4.78, 5) is 43.0. The number of ketones is 3. The first-order chi connectivity index (χ1) is 15.9. The molecule has 1 fully saturated rings. The van der Waals surface area contributed by atoms with Gasteiger partial charge in [-0.2, -0.15) is 0 Å². The Morgan fingerprint density at radius 3 is 2.70 bits per heavy atom. The number of hydrogen-bond donors (Lipinski definition) is 1. The quantitative estimate of drug-likeness (QED) is 0.331. The van der Waals surface area contributed by atoms with E-state index in [2.05, 4.69) is 16.4 Å². The van der Waals surface area contributed by atoms with Gasteiger partial charge in [-0.3, -0.25) is 19.4 Å². The molecule has 1 N–H and O–H groups in total. The van der Waals surface area contributed by atoms with Gasteiger partial charge in [0.2, 0.25) is 5.78 Å². The van der Waals surface area contributed by atoms with E-state index < -0.39 is 6.10 Å². The van der Waals surface area contributed by atoms with Gasteiger partial charge in [0.15, 0.2) is 17.3 Å². The van der Waals surface area contributed by atoms with E-state index in [1.165, 1.54) is 12.7 Å². The number of unbranched alkanes of at least 4 members (excludes halogenated alkanes) is 2. The Morgan fingerprint density at radius 1 is 1.21 bits per heavy atom. The number of allylic oxidation sites excluding steroid dienone is 4. The van der Waals surface area contributed by atoms with E-state index in [1.54, 1.807) is 26.1 Å². The molecule has 0 spiro atoms. The summed E-state index contributed by atoms with van der Waals surface area (Å²) in [6, 6.07) is 3.98. The Kier molecular flexibility index (Phi) is 8.86. The first-order valence-corrected chi connectivity index (χ1v) is 11.4. The number of hydrogen-bond acceptors (Lipinski definition) is 7. The van der Waals surface area contributed by atoms with Crippen LogP contribution in [0.3, 0.4) is 0 Å². The zero-order chi connectivity index (χ0) is 23.8. The number of nitrogens with one attached hydrogen (secondary N) is 1. The van der Waals surface area contributed by atoms with Crippen LogP contribution in [-0.4, -0.2) is 55.2 Å². The number of aromatic nitrogens is 1. The van der Waals surface area contributed by atoms with E-state index in [4.69, 9.17) is 9.47 Å². The van der Waals surface area contributed by atoms with Crippen molar-refractivity contribution < 1.29 is 23.9 Å². The smallest absolute Gasteiger partial charge is 0.228 e. The van der Waals surface area contributed by atoms with E-state index in [1.807, 2.05) is 12.3 Å². The molecule has 0 radical (unpaired) electrons. The highest BCUT2D eigenvalue weighted by atomic mass is 16.5. The first-order valence-electron chi connectivity index (χ1n) is 11.4. The molecule has 7 nitrogen and oxygen atoms in total. The van der Waals surface area contributed by atoms with Gasteiger partial charge in [-0.05, 0) is 62.8 Å². The van der Waals surface area contributed by atoms with Gasteiger partial charge in [0.25, 0.3) is 0 Å². The van der Waals surface area contributed by atoms with Crippen LogP contribution in [-0.2, 0) is 30.3 Å². The summed E-state index contributed by atoms with van der Waals surface area (Å²) in [5, 5.41) is 3.18. The van der Waals surface area contributed by atoms with Gasteiger partial charge in [-0.15, -0.1) is 0 Å². The molecule has 0 aromatic carbocycles. The lowest BCUT2D eigenvalue weighted by Crippen LogP contribution is -2.43. The van der Waals surface area contributed by atoms with Crippen LogP contribution in [0.25, 0.3) is 0 Å². The Labute approximate surface area is 194 Å². The number of Topliss-reactive ketones (excluding diaryl/α,β-unsaturated/α-hetero) is 3. The standard InChI is InChI=1S/C26H32N2O5/c1-17-21(25(31)26(32-3)18(2)23(17)29)14-20(24(30)22-16-28-12-13-33-22)10-6-4-5-8-19-9-7-11-27-15-19/h7,9,11,14-15,22,28H,4-6,8,10,12-13,16H2,1-3H3/b20-14+. The van der Waals surface area contributed by atoms with Crippen molar-refractivity contribution >= 4 is 17.3 Å². The molecule has 2 heterocycles. The van der Waals surface area contributed by atoms with Gasteiger partial charge < -0.3 is 14.8 Å². The molecule has 1 saturated heterocycles. The molecule has 0 amide bonds. The number of morpholine rings is 1. The van der Waals surface area contributed by atoms with Crippen LogP contribution in [0.4, 0.5) is 0 Å². The van der Waals surface area contributed by atoms with Crippen LogP contribution >= 0.6 is 0 Å². The molecule has 0 saturated carbocycles. The van der Waals surface area contributed by atoms with E-state index in [0.717, 1.165) is 25.7 Å². The van der Waals surface area contributed by atoms with Crippen molar-refractivity contribution in [3.63, 3.8) is 0 Å². The monoisotopic (exact) mass is 452 g/mol. The number of carbonyl (C=O) groups is 3. The SMILES string of the molecule is COC1=C(C)C(=O)C(C)=C(/C=C(\CCCCCc2cccnc2)C(=O)C2CNCCO2)C1=O. The summed E-state index contributed by atoms with van der Waals surface area (Å²) in [5.74, 6) is -0.704. The van der Waals surface area contributed by atoms with Gasteiger partial charge in [0.1, 0.15) is 6.10 Å². The van der Waals surface area contributed by atoms with E-state index in [-0.39, 0.29) is 28.7 Å². The summed E-state index contributed by atoms with van der Waals surface area (Å²) < 4.78 is 10.9. The van der Waals surface area contributed by atoms with E-state index in [0.29, 0.717) is 42.8 Å². The fraction of sp³-hybridized carbons (Fsp3) is 0.462. The van der Waals surface area contributed by atoms with Crippen molar-refractivity contribution in [2.75, 3.05) is 26.8 Å². The van der Waals surface area contributed by atoms with Crippen molar-refractivity contribution in [1.29, 1.82) is 0 Å². The van der Waals surface area contributed by atoms with Crippen LogP contribution in [0.5, 0.6) is 0 Å². The molecule has 33 heavy (non-hydrogen) atoms. The van der Waals surface area contributed by atoms with E-state index >= 15 is 0 Å². The molecule has 1 unspecified atom stereocenters. The van der Waals surface area contributed by atoms with Crippen molar-refractivity contribution in [3.8, 4) is 0 Å². The molecular formula is C26H32N2O5. The normalized spacial score (nSPS) is 19.8. The van der Waals surface area contributed by atoms with Crippen LogP contribution in [0.2, 0.25) is 0 Å². The summed E-state index contributed by atoms with van der Waals surface area (Å²) in [7, 11) is 1.38. The van der Waals surface area contributed by atoms with Gasteiger partial charge >= 0.3 is 0 Å². The molecule has 1 aliphatic carbocycles. The van der Waals surface area contributed by atoms with Gasteiger partial charge in [0, 0.05) is 42.2 Å². The molecular weight excluding hydrogens is 420 g/mol. The lowest BCUT2D eigenvalue weighted by atomic mass is 9.87. The van der Waals surface area contributed by atoms with Crippen LogP contribution in [0, 0.1) is 0 Å². The van der Waals surface area contributed by atoms with Crippen molar-refractivity contribution in [1.82, 2.24) is 10.3 Å². The third-order valence-electron chi connectivity index (χ3n) is 6.07. The highest BCUT2D eigenvalue weighted by molar-refractivity contribution is 6.25.